The van der Waals surface area contributed by atoms with E-state index in [0.29, 0.717) is 42.5 Å². The number of nitrogens with one attached hydrogen (secondary N) is 2. The number of benzene rings is 1. The lowest BCUT2D eigenvalue weighted by Gasteiger charge is -2.30. The maximum Gasteiger partial charge on any atom is 0.281 e. The number of fused-ring (bicyclic) bond motifs is 3. The molecular weight excluding hydrogens is 502 g/mol. The first-order valence-electron chi connectivity index (χ1n) is 13.1. The molecule has 1 saturated heterocycles. The molecule has 1 fully saturated rings. The van der Waals surface area contributed by atoms with Gasteiger partial charge in [0.15, 0.2) is 11.5 Å². The van der Waals surface area contributed by atoms with E-state index in [9.17, 15) is 9.59 Å². The lowest BCUT2D eigenvalue weighted by atomic mass is 10.2. The summed E-state index contributed by atoms with van der Waals surface area (Å²) in [5.74, 6) is 1.53. The third-order valence-corrected chi connectivity index (χ3v) is 6.62. The largest absolute Gasteiger partial charge is 0.491 e. The van der Waals surface area contributed by atoms with E-state index in [2.05, 4.69) is 32.4 Å². The molecule has 3 aromatic rings. The zero-order chi connectivity index (χ0) is 27.4. The number of carbonyl (C=O) groups excluding carboxylic acids is 2. The number of hydrogen-bond acceptors (Lipinski definition) is 9. The number of rotatable bonds is 8. The van der Waals surface area contributed by atoms with Gasteiger partial charge in [-0.15, -0.1) is 0 Å². The second-order valence-corrected chi connectivity index (χ2v) is 9.55. The van der Waals surface area contributed by atoms with E-state index in [1.807, 2.05) is 16.7 Å². The summed E-state index contributed by atoms with van der Waals surface area (Å²) < 4.78 is 19.4. The first-order chi connectivity index (χ1) is 18.9. The minimum Gasteiger partial charge on any atom is -0.491 e. The fourth-order valence-electron chi connectivity index (χ4n) is 4.84. The number of aromatic nitrogens is 3. The normalized spacial score (nSPS) is 17.5. The van der Waals surface area contributed by atoms with Crippen molar-refractivity contribution in [3.8, 4) is 11.5 Å². The average Bonchev–Trinajstić information content (AvgIpc) is 3.42. The van der Waals surface area contributed by atoms with Crippen molar-refractivity contribution in [2.24, 2.45) is 4.99 Å². The van der Waals surface area contributed by atoms with Gasteiger partial charge < -0.3 is 24.8 Å². The van der Waals surface area contributed by atoms with Crippen molar-refractivity contribution < 1.29 is 23.8 Å². The summed E-state index contributed by atoms with van der Waals surface area (Å²) in [6.45, 7) is 8.87. The molecule has 2 aromatic heterocycles. The van der Waals surface area contributed by atoms with Gasteiger partial charge in [-0.1, -0.05) is 0 Å². The highest BCUT2D eigenvalue weighted by Crippen LogP contribution is 2.37. The van der Waals surface area contributed by atoms with Gasteiger partial charge in [0.05, 0.1) is 32.0 Å². The summed E-state index contributed by atoms with van der Waals surface area (Å²) in [6.07, 6.45) is 2.50. The summed E-state index contributed by atoms with van der Waals surface area (Å²) in [4.78, 5) is 39.8. The van der Waals surface area contributed by atoms with Gasteiger partial charge in [0.25, 0.3) is 5.91 Å². The van der Waals surface area contributed by atoms with Crippen LogP contribution in [0.3, 0.4) is 0 Å². The zero-order valence-corrected chi connectivity index (χ0v) is 22.4. The highest BCUT2D eigenvalue weighted by atomic mass is 16.5. The van der Waals surface area contributed by atoms with Crippen LogP contribution in [0.4, 0.5) is 11.6 Å². The van der Waals surface area contributed by atoms with E-state index in [1.54, 1.807) is 19.2 Å². The van der Waals surface area contributed by atoms with Crippen molar-refractivity contribution in [2.45, 2.75) is 32.9 Å². The van der Waals surface area contributed by atoms with Crippen LogP contribution in [0.2, 0.25) is 0 Å². The number of pyridine rings is 1. The van der Waals surface area contributed by atoms with Gasteiger partial charge >= 0.3 is 0 Å². The first-order valence-corrected chi connectivity index (χ1v) is 13.1. The Kier molecular flexibility index (Phi) is 8.03. The molecule has 39 heavy (non-hydrogen) atoms. The van der Waals surface area contributed by atoms with E-state index in [1.165, 1.54) is 13.1 Å². The van der Waals surface area contributed by atoms with Gasteiger partial charge in [-0.2, -0.15) is 4.99 Å². The summed E-state index contributed by atoms with van der Waals surface area (Å²) >= 11 is 0. The summed E-state index contributed by atoms with van der Waals surface area (Å²) in [5.41, 5.74) is 1.10. The fraction of sp³-hybridized carbons (Fsp3) is 0.444. The summed E-state index contributed by atoms with van der Waals surface area (Å²) in [5, 5.41) is 6.80. The number of ether oxygens (including phenoxy) is 3. The quantitative estimate of drug-likeness (QED) is 0.416. The van der Waals surface area contributed by atoms with Gasteiger partial charge in [-0.3, -0.25) is 19.1 Å². The van der Waals surface area contributed by atoms with Gasteiger partial charge in [-0.05, 0) is 37.6 Å². The Morgan fingerprint density at radius 2 is 2.13 bits per heavy atom. The molecule has 0 radical (unpaired) electrons. The monoisotopic (exact) mass is 535 g/mol. The second kappa shape index (κ2) is 11.8. The van der Waals surface area contributed by atoms with Crippen molar-refractivity contribution in [3.05, 3.63) is 41.6 Å². The molecule has 0 aliphatic carbocycles. The lowest BCUT2D eigenvalue weighted by molar-refractivity contribution is -0.114. The minimum absolute atomic E-state index is 0.241. The van der Waals surface area contributed by atoms with E-state index in [0.717, 1.165) is 43.9 Å². The van der Waals surface area contributed by atoms with E-state index < -0.39 is 5.91 Å². The van der Waals surface area contributed by atoms with Crippen LogP contribution in [0.25, 0.3) is 10.9 Å². The van der Waals surface area contributed by atoms with Crippen molar-refractivity contribution in [2.75, 3.05) is 57.1 Å². The van der Waals surface area contributed by atoms with Crippen LogP contribution in [-0.4, -0.2) is 83.9 Å². The van der Waals surface area contributed by atoms with Crippen LogP contribution < -0.4 is 25.7 Å². The molecule has 12 nitrogen and oxygen atoms in total. The molecule has 2 aliphatic heterocycles. The SMILES string of the molecule is COc1c(OCCCN2CCO[C@H](C)C2)ccc2c3n(c(=NC(=O)c4ccc(NC(C)=O)nc4)nc12)CCN3. The van der Waals surface area contributed by atoms with E-state index >= 15 is 0 Å². The maximum atomic E-state index is 13.0. The van der Waals surface area contributed by atoms with Crippen LogP contribution in [0.1, 0.15) is 30.6 Å². The topological polar surface area (TPSA) is 132 Å². The average molecular weight is 536 g/mol. The highest BCUT2D eigenvalue weighted by Gasteiger charge is 2.21. The Bertz CT molecular complexity index is 1440. The van der Waals surface area contributed by atoms with E-state index in [-0.39, 0.29) is 23.2 Å². The van der Waals surface area contributed by atoms with Crippen molar-refractivity contribution >= 4 is 34.4 Å². The van der Waals surface area contributed by atoms with Crippen LogP contribution in [0.5, 0.6) is 11.5 Å². The van der Waals surface area contributed by atoms with Crippen LogP contribution in [-0.2, 0) is 16.1 Å². The molecule has 2 amide bonds. The molecule has 2 aliphatic rings. The zero-order valence-electron chi connectivity index (χ0n) is 22.4. The molecule has 1 atom stereocenters. The van der Waals surface area contributed by atoms with Gasteiger partial charge in [0.2, 0.25) is 11.5 Å². The third kappa shape index (κ3) is 6.02. The standard InChI is InChI=1S/C27H33N7O5/c1-17-16-33(12-14-38-17)10-4-13-39-21-7-6-20-23(24(21)37-3)31-27(34-11-9-28-25(20)34)32-26(36)19-5-8-22(29-15-19)30-18(2)35/h5-8,15,17,28H,4,9-14,16H2,1-3H3,(H,29,30,35)/t17-/m1/s1. The van der Waals surface area contributed by atoms with Crippen molar-refractivity contribution in [1.29, 1.82) is 0 Å². The number of anilines is 2. The maximum absolute atomic E-state index is 13.0. The predicted octanol–water partition coefficient (Wildman–Crippen LogP) is 2.05. The number of methoxy groups -OCH3 is 1. The molecule has 4 heterocycles. The third-order valence-electron chi connectivity index (χ3n) is 6.62. The fourth-order valence-corrected chi connectivity index (χ4v) is 4.84. The second-order valence-electron chi connectivity index (χ2n) is 9.55. The highest BCUT2D eigenvalue weighted by molar-refractivity contribution is 5.97. The van der Waals surface area contributed by atoms with E-state index in [4.69, 9.17) is 19.2 Å². The Morgan fingerprint density at radius 1 is 1.26 bits per heavy atom. The Labute approximate surface area is 226 Å². The van der Waals surface area contributed by atoms with Crippen LogP contribution in [0, 0.1) is 0 Å². The molecule has 0 bridgehead atoms. The number of morpholine rings is 1. The number of carbonyl (C=O) groups is 2. The minimum atomic E-state index is -0.492. The molecule has 0 unspecified atom stereocenters. The predicted molar refractivity (Wildman–Crippen MR) is 145 cm³/mol. The molecule has 0 spiro atoms. The lowest BCUT2D eigenvalue weighted by Crippen LogP contribution is -2.41. The summed E-state index contributed by atoms with van der Waals surface area (Å²) in [7, 11) is 1.58. The van der Waals surface area contributed by atoms with Gasteiger partial charge in [0, 0.05) is 51.2 Å². The van der Waals surface area contributed by atoms with Gasteiger partial charge in [0.1, 0.15) is 17.2 Å². The number of amides is 2. The van der Waals surface area contributed by atoms with Crippen LogP contribution >= 0.6 is 0 Å². The Morgan fingerprint density at radius 3 is 2.87 bits per heavy atom. The Balaban J connectivity index is 1.40. The number of hydrogen-bond donors (Lipinski definition) is 2. The number of nitrogens with zero attached hydrogens (tertiary/aromatic N) is 5. The Hall–Kier alpha value is -4.03. The smallest absolute Gasteiger partial charge is 0.281 e. The molecule has 206 valence electrons. The first kappa shape index (κ1) is 26.6. The van der Waals surface area contributed by atoms with Crippen molar-refractivity contribution in [3.63, 3.8) is 0 Å². The van der Waals surface area contributed by atoms with Crippen molar-refractivity contribution in [1.82, 2.24) is 19.4 Å². The molecule has 1 aromatic carbocycles. The molecule has 12 heteroatoms. The molecule has 5 rings (SSSR count). The van der Waals surface area contributed by atoms with Crippen LogP contribution in [0.15, 0.2) is 35.5 Å². The van der Waals surface area contributed by atoms with Gasteiger partial charge in [-0.25, -0.2) is 9.97 Å². The summed E-state index contributed by atoms with van der Waals surface area (Å²) in [6, 6.07) is 6.97. The molecular formula is C27H33N7O5. The molecule has 0 saturated carbocycles. The molecule has 2 N–H and O–H groups in total.